The summed E-state index contributed by atoms with van der Waals surface area (Å²) >= 11 is 6.25. The van der Waals surface area contributed by atoms with Crippen LogP contribution in [0, 0.1) is 6.92 Å². The Balaban J connectivity index is 2.15. The van der Waals surface area contributed by atoms with Gasteiger partial charge in [-0.3, -0.25) is 4.98 Å². The van der Waals surface area contributed by atoms with E-state index in [-0.39, 0.29) is 0 Å². The Bertz CT molecular complexity index is 765. The first kappa shape index (κ1) is 13.1. The number of benzene rings is 2. The number of fused-ring (bicyclic) bond motifs is 1. The fraction of sp³-hybridized carbons (Fsp3) is 0.118. The summed E-state index contributed by atoms with van der Waals surface area (Å²) in [5.74, 6) is 0. The molecule has 0 saturated heterocycles. The normalized spacial score (nSPS) is 12.6. The van der Waals surface area contributed by atoms with E-state index in [9.17, 15) is 5.11 Å². The highest BCUT2D eigenvalue weighted by Crippen LogP contribution is 2.32. The van der Waals surface area contributed by atoms with Crippen molar-refractivity contribution in [1.29, 1.82) is 0 Å². The lowest BCUT2D eigenvalue weighted by Gasteiger charge is -2.15. The molecule has 1 unspecified atom stereocenters. The van der Waals surface area contributed by atoms with Crippen molar-refractivity contribution in [3.05, 3.63) is 76.6 Å². The summed E-state index contributed by atoms with van der Waals surface area (Å²) in [6.07, 6.45) is 2.77. The minimum absolute atomic E-state index is 0.582. The molecular formula is C17H14ClNO. The van der Waals surface area contributed by atoms with Gasteiger partial charge in [-0.05, 0) is 35.6 Å². The quantitative estimate of drug-likeness (QED) is 0.761. The monoisotopic (exact) mass is 283 g/mol. The van der Waals surface area contributed by atoms with Gasteiger partial charge in [-0.1, -0.05) is 41.9 Å². The molecule has 1 heterocycles. The molecule has 100 valence electrons. The maximum atomic E-state index is 10.6. The topological polar surface area (TPSA) is 33.1 Å². The van der Waals surface area contributed by atoms with Crippen LogP contribution in [0.4, 0.5) is 0 Å². The molecule has 1 atom stereocenters. The van der Waals surface area contributed by atoms with Gasteiger partial charge in [-0.25, -0.2) is 0 Å². The number of hydrogen-bond acceptors (Lipinski definition) is 2. The summed E-state index contributed by atoms with van der Waals surface area (Å²) in [5, 5.41) is 13.2. The second-order valence-corrected chi connectivity index (χ2v) is 5.28. The lowest BCUT2D eigenvalue weighted by molar-refractivity contribution is 0.222. The number of pyridine rings is 1. The standard InChI is InChI=1S/C17H14ClNO/c1-11-5-6-14(16(18)9-11)17(20)13-4-2-3-12-7-8-19-10-15(12)13/h2-10,17,20H,1H3. The summed E-state index contributed by atoms with van der Waals surface area (Å²) < 4.78 is 0. The van der Waals surface area contributed by atoms with Gasteiger partial charge < -0.3 is 5.11 Å². The average Bonchev–Trinajstić information content (AvgIpc) is 2.46. The van der Waals surface area contributed by atoms with Crippen LogP contribution in [0.5, 0.6) is 0 Å². The van der Waals surface area contributed by atoms with Gasteiger partial charge in [0.15, 0.2) is 0 Å². The second-order valence-electron chi connectivity index (χ2n) is 4.87. The van der Waals surface area contributed by atoms with E-state index >= 15 is 0 Å². The zero-order chi connectivity index (χ0) is 14.1. The molecule has 0 amide bonds. The van der Waals surface area contributed by atoms with Gasteiger partial charge in [0.2, 0.25) is 0 Å². The molecule has 0 fully saturated rings. The molecule has 0 aliphatic rings. The minimum atomic E-state index is -0.754. The van der Waals surface area contributed by atoms with Crippen molar-refractivity contribution in [3.8, 4) is 0 Å². The molecule has 0 aliphatic carbocycles. The predicted octanol–water partition coefficient (Wildman–Crippen LogP) is 4.28. The molecule has 0 spiro atoms. The molecule has 0 saturated carbocycles. The SMILES string of the molecule is Cc1ccc(C(O)c2cccc3ccncc23)c(Cl)c1. The van der Waals surface area contributed by atoms with E-state index in [1.165, 1.54) is 0 Å². The molecule has 3 heteroatoms. The third kappa shape index (κ3) is 2.28. The fourth-order valence-electron chi connectivity index (χ4n) is 2.40. The first-order valence-corrected chi connectivity index (χ1v) is 6.81. The van der Waals surface area contributed by atoms with Crippen molar-refractivity contribution < 1.29 is 5.11 Å². The number of aromatic nitrogens is 1. The van der Waals surface area contributed by atoms with Gasteiger partial charge in [0.25, 0.3) is 0 Å². The number of nitrogens with zero attached hydrogens (tertiary/aromatic N) is 1. The van der Waals surface area contributed by atoms with Crippen molar-refractivity contribution in [2.75, 3.05) is 0 Å². The number of aliphatic hydroxyl groups is 1. The van der Waals surface area contributed by atoms with Crippen LogP contribution < -0.4 is 0 Å². The highest BCUT2D eigenvalue weighted by molar-refractivity contribution is 6.31. The van der Waals surface area contributed by atoms with Crippen molar-refractivity contribution in [2.24, 2.45) is 0 Å². The maximum absolute atomic E-state index is 10.6. The zero-order valence-electron chi connectivity index (χ0n) is 11.0. The Morgan fingerprint density at radius 1 is 1.10 bits per heavy atom. The van der Waals surface area contributed by atoms with E-state index in [2.05, 4.69) is 4.98 Å². The molecular weight excluding hydrogens is 270 g/mol. The van der Waals surface area contributed by atoms with Crippen molar-refractivity contribution in [1.82, 2.24) is 4.98 Å². The van der Waals surface area contributed by atoms with Crippen LogP contribution >= 0.6 is 11.6 Å². The second kappa shape index (κ2) is 5.23. The molecule has 3 rings (SSSR count). The number of halogens is 1. The van der Waals surface area contributed by atoms with Gasteiger partial charge >= 0.3 is 0 Å². The van der Waals surface area contributed by atoms with E-state index in [0.717, 1.165) is 21.9 Å². The Hall–Kier alpha value is -1.90. The molecule has 1 aromatic heterocycles. The van der Waals surface area contributed by atoms with Gasteiger partial charge in [0.05, 0.1) is 0 Å². The smallest absolute Gasteiger partial charge is 0.106 e. The van der Waals surface area contributed by atoms with Crippen LogP contribution in [0.3, 0.4) is 0 Å². The van der Waals surface area contributed by atoms with E-state index in [1.54, 1.807) is 12.4 Å². The average molecular weight is 284 g/mol. The predicted molar refractivity (Wildman–Crippen MR) is 82.0 cm³/mol. The van der Waals surface area contributed by atoms with Crippen LogP contribution in [0.2, 0.25) is 5.02 Å². The zero-order valence-corrected chi connectivity index (χ0v) is 11.8. The fourth-order valence-corrected chi connectivity index (χ4v) is 2.74. The molecule has 0 bridgehead atoms. The van der Waals surface area contributed by atoms with Gasteiger partial charge in [0, 0.05) is 28.4 Å². The lowest BCUT2D eigenvalue weighted by Crippen LogP contribution is -2.01. The Morgan fingerprint density at radius 3 is 2.75 bits per heavy atom. The van der Waals surface area contributed by atoms with Crippen LogP contribution in [0.1, 0.15) is 22.8 Å². The number of hydrogen-bond donors (Lipinski definition) is 1. The minimum Gasteiger partial charge on any atom is -0.384 e. The lowest BCUT2D eigenvalue weighted by atomic mass is 9.96. The molecule has 0 radical (unpaired) electrons. The van der Waals surface area contributed by atoms with Gasteiger partial charge in [0.1, 0.15) is 6.10 Å². The molecule has 0 aliphatic heterocycles. The van der Waals surface area contributed by atoms with Crippen LogP contribution in [0.25, 0.3) is 10.8 Å². The molecule has 2 nitrogen and oxygen atoms in total. The third-order valence-electron chi connectivity index (χ3n) is 3.46. The molecule has 1 N–H and O–H groups in total. The third-order valence-corrected chi connectivity index (χ3v) is 3.79. The van der Waals surface area contributed by atoms with E-state index in [1.807, 2.05) is 49.4 Å². The Kier molecular flexibility index (Phi) is 3.43. The molecule has 2 aromatic carbocycles. The summed E-state index contributed by atoms with van der Waals surface area (Å²) in [7, 11) is 0. The van der Waals surface area contributed by atoms with E-state index < -0.39 is 6.10 Å². The maximum Gasteiger partial charge on any atom is 0.106 e. The highest BCUT2D eigenvalue weighted by Gasteiger charge is 2.16. The summed E-state index contributed by atoms with van der Waals surface area (Å²) in [6, 6.07) is 13.5. The molecule has 3 aromatic rings. The number of aryl methyl sites for hydroxylation is 1. The first-order valence-electron chi connectivity index (χ1n) is 6.43. The number of rotatable bonds is 2. The first-order chi connectivity index (χ1) is 9.66. The van der Waals surface area contributed by atoms with E-state index in [4.69, 9.17) is 11.6 Å². The highest BCUT2D eigenvalue weighted by atomic mass is 35.5. The summed E-state index contributed by atoms with van der Waals surface area (Å²) in [5.41, 5.74) is 2.61. The van der Waals surface area contributed by atoms with Crippen LogP contribution in [-0.2, 0) is 0 Å². The largest absolute Gasteiger partial charge is 0.384 e. The van der Waals surface area contributed by atoms with Crippen LogP contribution in [-0.4, -0.2) is 10.1 Å². The Labute approximate surface area is 122 Å². The van der Waals surface area contributed by atoms with Crippen molar-refractivity contribution in [2.45, 2.75) is 13.0 Å². The Morgan fingerprint density at radius 2 is 1.95 bits per heavy atom. The van der Waals surface area contributed by atoms with Gasteiger partial charge in [-0.2, -0.15) is 0 Å². The summed E-state index contributed by atoms with van der Waals surface area (Å²) in [4.78, 5) is 4.14. The van der Waals surface area contributed by atoms with Gasteiger partial charge in [-0.15, -0.1) is 0 Å². The number of aliphatic hydroxyl groups excluding tert-OH is 1. The summed E-state index contributed by atoms with van der Waals surface area (Å²) in [6.45, 7) is 1.98. The van der Waals surface area contributed by atoms with E-state index in [0.29, 0.717) is 10.6 Å². The van der Waals surface area contributed by atoms with Crippen molar-refractivity contribution >= 4 is 22.4 Å². The van der Waals surface area contributed by atoms with Crippen molar-refractivity contribution in [3.63, 3.8) is 0 Å². The molecule has 20 heavy (non-hydrogen) atoms. The van der Waals surface area contributed by atoms with Crippen LogP contribution in [0.15, 0.2) is 54.9 Å².